The van der Waals surface area contributed by atoms with Crippen LogP contribution in [0.3, 0.4) is 0 Å². The van der Waals surface area contributed by atoms with Crippen LogP contribution in [0, 0.1) is 5.41 Å². The molecule has 3 nitrogen and oxygen atoms in total. The number of rotatable bonds is 2. The first-order valence-electron chi connectivity index (χ1n) is 5.41. The largest absolute Gasteiger partial charge is 0.324 e. The first kappa shape index (κ1) is 11.5. The zero-order valence-corrected chi connectivity index (χ0v) is 9.96. The molecule has 2 unspecified atom stereocenters. The molecule has 0 aromatic heterocycles. The van der Waals surface area contributed by atoms with Gasteiger partial charge in [-0.2, -0.15) is 0 Å². The molecule has 1 aromatic rings. The molecule has 1 aliphatic heterocycles. The van der Waals surface area contributed by atoms with Gasteiger partial charge >= 0.3 is 0 Å². The van der Waals surface area contributed by atoms with Crippen LogP contribution in [-0.2, 0) is 4.89 Å². The molecule has 0 radical (unpaired) electrons. The highest BCUT2D eigenvalue weighted by molar-refractivity contribution is 8.00. The number of thioether (sulfide) groups is 1. The average molecular weight is 237 g/mol. The fourth-order valence-corrected chi connectivity index (χ4v) is 3.37. The van der Waals surface area contributed by atoms with E-state index in [1.165, 1.54) is 4.90 Å². The maximum Gasteiger partial charge on any atom is 0.232 e. The molecule has 2 N–H and O–H groups in total. The summed E-state index contributed by atoms with van der Waals surface area (Å²) in [7, 11) is 0. The molecule has 16 heavy (non-hydrogen) atoms. The quantitative estimate of drug-likeness (QED) is 0.358. The Morgan fingerprint density at radius 1 is 1.56 bits per heavy atom. The van der Waals surface area contributed by atoms with E-state index in [4.69, 9.17) is 10.7 Å². The second-order valence-corrected chi connectivity index (χ2v) is 5.27. The first-order chi connectivity index (χ1) is 7.76. The van der Waals surface area contributed by atoms with Gasteiger partial charge in [-0.15, -0.1) is 11.8 Å². The van der Waals surface area contributed by atoms with Crippen molar-refractivity contribution in [2.75, 3.05) is 0 Å². The van der Waals surface area contributed by atoms with Crippen LogP contribution in [0.2, 0.25) is 0 Å². The Hall–Kier alpha value is -1.00. The molecule has 0 bridgehead atoms. The van der Waals surface area contributed by atoms with Crippen LogP contribution in [0.1, 0.15) is 31.2 Å². The molecule has 0 saturated carbocycles. The summed E-state index contributed by atoms with van der Waals surface area (Å²) in [6, 6.07) is 8.04. The fourth-order valence-electron chi connectivity index (χ4n) is 2.06. The number of fused-ring (bicyclic) bond motifs is 1. The average Bonchev–Trinajstić information content (AvgIpc) is 2.36. The third-order valence-electron chi connectivity index (χ3n) is 2.96. The second kappa shape index (κ2) is 4.89. The predicted octanol–water partition coefficient (Wildman–Crippen LogP) is 3.51. The molecule has 1 aromatic carbocycles. The van der Waals surface area contributed by atoms with Crippen molar-refractivity contribution in [3.63, 3.8) is 0 Å². The Kier molecular flexibility index (Phi) is 3.51. The van der Waals surface area contributed by atoms with Crippen LogP contribution < -0.4 is 0 Å². The summed E-state index contributed by atoms with van der Waals surface area (Å²) >= 11 is 1.85. The van der Waals surface area contributed by atoms with Crippen LogP contribution in [0.15, 0.2) is 29.2 Å². The molecule has 1 heterocycles. The zero-order chi connectivity index (χ0) is 11.5. The minimum absolute atomic E-state index is 0.0498. The molecule has 0 aliphatic carbocycles. The number of hydrogen-bond acceptors (Lipinski definition) is 4. The van der Waals surface area contributed by atoms with Crippen LogP contribution >= 0.6 is 11.8 Å². The molecular weight excluding hydrogens is 222 g/mol. The number of nitrogens with one attached hydrogen (secondary N) is 1. The van der Waals surface area contributed by atoms with E-state index in [1.807, 2.05) is 30.0 Å². The summed E-state index contributed by atoms with van der Waals surface area (Å²) in [5.74, 6) is -0.154. The molecular formula is C12H15NO2S. The van der Waals surface area contributed by atoms with Crippen LogP contribution in [0.25, 0.3) is 0 Å². The highest BCUT2D eigenvalue weighted by atomic mass is 32.2. The Balaban J connectivity index is 2.35. The van der Waals surface area contributed by atoms with E-state index in [9.17, 15) is 0 Å². The Labute approximate surface area is 99.3 Å². The molecule has 0 amide bonds. The fraction of sp³-hybridized carbons (Fsp3) is 0.417. The van der Waals surface area contributed by atoms with Crippen molar-refractivity contribution < 1.29 is 10.1 Å². The van der Waals surface area contributed by atoms with Crippen molar-refractivity contribution in [2.45, 2.75) is 35.8 Å². The van der Waals surface area contributed by atoms with E-state index in [0.717, 1.165) is 18.4 Å². The molecule has 86 valence electrons. The third-order valence-corrected chi connectivity index (χ3v) is 4.44. The smallest absolute Gasteiger partial charge is 0.232 e. The van der Waals surface area contributed by atoms with Gasteiger partial charge in [0.1, 0.15) is 0 Å². The summed E-state index contributed by atoms with van der Waals surface area (Å²) in [5, 5.41) is 16.8. The first-order valence-corrected chi connectivity index (χ1v) is 6.29. The van der Waals surface area contributed by atoms with E-state index in [1.54, 1.807) is 0 Å². The maximum atomic E-state index is 8.64. The summed E-state index contributed by atoms with van der Waals surface area (Å²) in [6.45, 7) is 2.14. The summed E-state index contributed by atoms with van der Waals surface area (Å²) in [5.41, 5.74) is 1.09. The van der Waals surface area contributed by atoms with Crippen LogP contribution in [-0.4, -0.2) is 16.4 Å². The van der Waals surface area contributed by atoms with E-state index < -0.39 is 0 Å². The predicted molar refractivity (Wildman–Crippen MR) is 65.2 cm³/mol. The topological polar surface area (TPSA) is 53.3 Å². The minimum atomic E-state index is -0.104. The lowest BCUT2D eigenvalue weighted by Gasteiger charge is -2.29. The minimum Gasteiger partial charge on any atom is -0.324 e. The summed E-state index contributed by atoms with van der Waals surface area (Å²) in [6.07, 6.45) is 1.92. The van der Waals surface area contributed by atoms with Gasteiger partial charge in [-0.3, -0.25) is 5.41 Å². The summed E-state index contributed by atoms with van der Waals surface area (Å²) in [4.78, 5) is 5.31. The van der Waals surface area contributed by atoms with Crippen molar-refractivity contribution >= 4 is 17.7 Å². The Morgan fingerprint density at radius 2 is 2.31 bits per heavy atom. The highest BCUT2D eigenvalue weighted by Gasteiger charge is 2.30. The van der Waals surface area contributed by atoms with Gasteiger partial charge in [0.15, 0.2) is 0 Å². The standard InChI is InChI=1S/C12H15NO2S/c1-2-8-7-10(12(13)15-14)9-5-3-4-6-11(9)16-8/h3-6,8,10,13-14H,2,7H2,1H3. The lowest BCUT2D eigenvalue weighted by atomic mass is 9.92. The van der Waals surface area contributed by atoms with Gasteiger partial charge < -0.3 is 4.89 Å². The molecule has 2 rings (SSSR count). The van der Waals surface area contributed by atoms with E-state index in [-0.39, 0.29) is 11.8 Å². The third kappa shape index (κ3) is 2.08. The lowest BCUT2D eigenvalue weighted by molar-refractivity contribution is -0.159. The lowest BCUT2D eigenvalue weighted by Crippen LogP contribution is -2.22. The van der Waals surface area contributed by atoms with Gasteiger partial charge in [0.05, 0.1) is 5.92 Å². The van der Waals surface area contributed by atoms with Gasteiger partial charge in [-0.05, 0) is 24.5 Å². The molecule has 2 atom stereocenters. The normalized spacial score (nSPS) is 23.6. The molecule has 4 heteroatoms. The van der Waals surface area contributed by atoms with E-state index in [2.05, 4.69) is 17.9 Å². The second-order valence-electron chi connectivity index (χ2n) is 3.93. The van der Waals surface area contributed by atoms with Crippen molar-refractivity contribution in [3.8, 4) is 0 Å². The van der Waals surface area contributed by atoms with E-state index >= 15 is 0 Å². The van der Waals surface area contributed by atoms with Crippen molar-refractivity contribution in [1.82, 2.24) is 0 Å². The van der Waals surface area contributed by atoms with Gasteiger partial charge in [0.25, 0.3) is 0 Å². The van der Waals surface area contributed by atoms with Gasteiger partial charge in [0.2, 0.25) is 5.90 Å². The zero-order valence-electron chi connectivity index (χ0n) is 9.14. The number of benzene rings is 1. The molecule has 0 fully saturated rings. The van der Waals surface area contributed by atoms with Crippen molar-refractivity contribution in [2.24, 2.45) is 0 Å². The Morgan fingerprint density at radius 3 is 3.00 bits per heavy atom. The Bertz CT molecular complexity index is 394. The van der Waals surface area contributed by atoms with Crippen LogP contribution in [0.5, 0.6) is 0 Å². The number of hydrogen-bond donors (Lipinski definition) is 2. The molecule has 0 saturated heterocycles. The highest BCUT2D eigenvalue weighted by Crippen LogP contribution is 2.43. The van der Waals surface area contributed by atoms with Crippen molar-refractivity contribution in [3.05, 3.63) is 29.8 Å². The van der Waals surface area contributed by atoms with Gasteiger partial charge in [-0.1, -0.05) is 25.1 Å². The molecule has 1 aliphatic rings. The van der Waals surface area contributed by atoms with Crippen LogP contribution in [0.4, 0.5) is 0 Å². The SMILES string of the molecule is CCC1CC(C(=N)OO)c2ccccc2S1. The monoisotopic (exact) mass is 237 g/mol. The van der Waals surface area contributed by atoms with E-state index in [0.29, 0.717) is 5.25 Å². The van der Waals surface area contributed by atoms with Crippen molar-refractivity contribution in [1.29, 1.82) is 5.41 Å². The maximum absolute atomic E-state index is 8.64. The van der Waals surface area contributed by atoms with Gasteiger partial charge in [-0.25, -0.2) is 5.26 Å². The summed E-state index contributed by atoms with van der Waals surface area (Å²) < 4.78 is 0. The van der Waals surface area contributed by atoms with Gasteiger partial charge in [0, 0.05) is 10.1 Å². The molecule has 0 spiro atoms.